The van der Waals surface area contributed by atoms with Crippen LogP contribution >= 0.6 is 47.0 Å². The minimum absolute atomic E-state index is 0.0647. The molecule has 3 rings (SSSR count). The maximum atomic E-state index is 4.45. The lowest BCUT2D eigenvalue weighted by molar-refractivity contribution is 0.678. The number of hydrogen-bond acceptors (Lipinski definition) is 8. The first kappa shape index (κ1) is 11.9. The number of hydrogen-bond donors (Lipinski definition) is 3. The highest BCUT2D eigenvalue weighted by Gasteiger charge is 2.59. The fourth-order valence-corrected chi connectivity index (χ4v) is 9.16. The van der Waals surface area contributed by atoms with Crippen molar-refractivity contribution in [3.8, 4) is 0 Å². The first-order chi connectivity index (χ1) is 7.76. The van der Waals surface area contributed by atoms with E-state index in [0.717, 1.165) is 31.3 Å². The molecule has 3 aliphatic rings. The molecule has 0 bridgehead atoms. The average Bonchev–Trinajstić information content (AvgIpc) is 2.87. The highest BCUT2D eigenvalue weighted by atomic mass is 32.3. The van der Waals surface area contributed by atoms with Gasteiger partial charge in [0.2, 0.25) is 0 Å². The molecule has 0 atom stereocenters. The summed E-state index contributed by atoms with van der Waals surface area (Å²) in [4.78, 5) is 4.45. The summed E-state index contributed by atoms with van der Waals surface area (Å²) in [7, 11) is 0. The molecule has 0 aromatic carbocycles. The van der Waals surface area contributed by atoms with Gasteiger partial charge in [0.05, 0.1) is 6.54 Å². The summed E-state index contributed by atoms with van der Waals surface area (Å²) in [6.07, 6.45) is 2.17. The Morgan fingerprint density at radius 3 is 2.56 bits per heavy atom. The van der Waals surface area contributed by atoms with E-state index in [1.54, 1.807) is 0 Å². The molecule has 3 N–H and O–H groups in total. The molecular weight excluding hydrogens is 280 g/mol. The summed E-state index contributed by atoms with van der Waals surface area (Å²) in [5, 5.41) is 11.4. The van der Waals surface area contributed by atoms with Gasteiger partial charge in [-0.05, 0) is 18.0 Å². The van der Waals surface area contributed by atoms with Crippen molar-refractivity contribution in [2.45, 2.75) is 7.07 Å². The van der Waals surface area contributed by atoms with E-state index in [9.17, 15) is 0 Å². The van der Waals surface area contributed by atoms with Crippen LogP contribution in [0.4, 0.5) is 0 Å². The van der Waals surface area contributed by atoms with E-state index in [0.29, 0.717) is 0 Å². The predicted octanol–water partition coefficient (Wildman–Crippen LogP) is 0.937. The van der Waals surface area contributed by atoms with Gasteiger partial charge in [-0.15, -0.1) is 11.8 Å². The molecule has 1 spiro atoms. The van der Waals surface area contributed by atoms with Crippen LogP contribution in [0.1, 0.15) is 0 Å². The zero-order valence-electron chi connectivity index (χ0n) is 8.91. The molecule has 0 amide bonds. The van der Waals surface area contributed by atoms with Crippen molar-refractivity contribution >= 4 is 52.2 Å². The molecule has 0 aromatic rings. The highest BCUT2D eigenvalue weighted by molar-refractivity contribution is 8.59. The second kappa shape index (κ2) is 4.47. The van der Waals surface area contributed by atoms with Gasteiger partial charge in [-0.3, -0.25) is 15.6 Å². The lowest BCUT2D eigenvalue weighted by atomic mass is 10.7. The van der Waals surface area contributed by atoms with Crippen LogP contribution in [-0.2, 0) is 0 Å². The van der Waals surface area contributed by atoms with Crippen LogP contribution in [0.5, 0.6) is 0 Å². The summed E-state index contributed by atoms with van der Waals surface area (Å²) in [5.74, 6) is 0. The Morgan fingerprint density at radius 1 is 1.25 bits per heavy atom. The zero-order valence-corrected chi connectivity index (χ0v) is 12.2. The largest absolute Gasteiger partial charge is 0.363 e. The Morgan fingerprint density at radius 2 is 2.00 bits per heavy atom. The summed E-state index contributed by atoms with van der Waals surface area (Å²) < 4.78 is 0.218. The molecule has 0 unspecified atom stereocenters. The second-order valence-electron chi connectivity index (χ2n) is 3.59. The molecule has 90 valence electrons. The van der Waals surface area contributed by atoms with Crippen molar-refractivity contribution in [2.75, 3.05) is 32.4 Å². The third-order valence-corrected chi connectivity index (χ3v) is 9.61. The number of rotatable bonds is 2. The Labute approximate surface area is 112 Å². The molecule has 3 aliphatic heterocycles. The van der Waals surface area contributed by atoms with Crippen molar-refractivity contribution in [2.24, 2.45) is 4.99 Å². The summed E-state index contributed by atoms with van der Waals surface area (Å²) in [6.45, 7) is 4.04. The molecule has 3 heterocycles. The van der Waals surface area contributed by atoms with Gasteiger partial charge in [-0.1, -0.05) is 23.5 Å². The molecule has 0 aliphatic carbocycles. The number of thioether (sulfide) groups is 4. The monoisotopic (exact) mass is 294 g/mol. The fourth-order valence-electron chi connectivity index (χ4n) is 1.75. The number of amidine groups is 1. The molecule has 4 nitrogen and oxygen atoms in total. The number of nitrogens with one attached hydrogen (secondary N) is 3. The van der Waals surface area contributed by atoms with Crippen LogP contribution < -0.4 is 16.0 Å². The minimum atomic E-state index is 0.0647. The quantitative estimate of drug-likeness (QED) is 0.655. The average molecular weight is 294 g/mol. The van der Waals surface area contributed by atoms with Gasteiger partial charge in [0.15, 0.2) is 12.2 Å². The molecular formula is C8H14N4S4. The van der Waals surface area contributed by atoms with E-state index in [2.05, 4.69) is 27.2 Å². The van der Waals surface area contributed by atoms with E-state index in [1.165, 1.54) is 0 Å². The van der Waals surface area contributed by atoms with Gasteiger partial charge < -0.3 is 5.32 Å². The molecule has 0 radical (unpaired) electrons. The van der Waals surface area contributed by atoms with Gasteiger partial charge in [-0.2, -0.15) is 0 Å². The zero-order chi connectivity index (χ0) is 11.1. The van der Waals surface area contributed by atoms with Crippen molar-refractivity contribution < 1.29 is 0 Å². The van der Waals surface area contributed by atoms with Crippen LogP contribution in [0, 0.1) is 0 Å². The van der Waals surface area contributed by atoms with Crippen LogP contribution in [0.15, 0.2) is 4.99 Å². The normalized spacial score (nSPS) is 29.9. The molecule has 0 aromatic heterocycles. The first-order valence-corrected chi connectivity index (χ1v) is 8.86. The van der Waals surface area contributed by atoms with Gasteiger partial charge in [-0.25, -0.2) is 0 Å². The highest BCUT2D eigenvalue weighted by Crippen LogP contribution is 2.71. The van der Waals surface area contributed by atoms with Crippen molar-refractivity contribution in [3.63, 3.8) is 0 Å². The third-order valence-electron chi connectivity index (χ3n) is 2.49. The fraction of sp³-hybridized carbons (Fsp3) is 0.875. The maximum Gasteiger partial charge on any atom is 0.171 e. The van der Waals surface area contributed by atoms with Crippen molar-refractivity contribution in [3.05, 3.63) is 0 Å². The van der Waals surface area contributed by atoms with Crippen LogP contribution in [-0.4, -0.2) is 44.7 Å². The van der Waals surface area contributed by atoms with E-state index >= 15 is 0 Å². The smallest absolute Gasteiger partial charge is 0.171 e. The number of nitrogens with zero attached hydrogens (tertiary/aromatic N) is 1. The Hall–Kier alpha value is 0.790. The van der Waals surface area contributed by atoms with E-state index in [4.69, 9.17) is 0 Å². The van der Waals surface area contributed by atoms with Crippen LogP contribution in [0.2, 0.25) is 0 Å². The number of aliphatic imine (C=N–C) groups is 1. The topological polar surface area (TPSA) is 48.5 Å². The summed E-state index contributed by atoms with van der Waals surface area (Å²) in [6, 6.07) is 0. The van der Waals surface area contributed by atoms with Crippen molar-refractivity contribution in [1.82, 2.24) is 16.0 Å². The first-order valence-electron chi connectivity index (χ1n) is 5.19. The van der Waals surface area contributed by atoms with Gasteiger partial charge >= 0.3 is 0 Å². The predicted molar refractivity (Wildman–Crippen MR) is 78.1 cm³/mol. The molecule has 2 fully saturated rings. The Kier molecular flexibility index (Phi) is 3.31. The molecule has 0 saturated carbocycles. The van der Waals surface area contributed by atoms with Gasteiger partial charge in [0.1, 0.15) is 0 Å². The van der Waals surface area contributed by atoms with Gasteiger partial charge in [0, 0.05) is 19.6 Å². The Bertz CT molecular complexity index is 307. The Balaban J connectivity index is 1.63. The standard InChI is InChI=1S/C8H14N4S4/c1-13-8(14-6-9-2-3-10-6)15-7(16-8)11-4-5-12-7/h11-12H,2-5H2,1H3,(H,9,10). The van der Waals surface area contributed by atoms with E-state index < -0.39 is 0 Å². The molecule has 2 saturated heterocycles. The summed E-state index contributed by atoms with van der Waals surface area (Å²) in [5.41, 5.74) is 0. The lowest BCUT2D eigenvalue weighted by Gasteiger charge is -2.50. The minimum Gasteiger partial charge on any atom is -0.363 e. The summed E-state index contributed by atoms with van der Waals surface area (Å²) >= 11 is 7.67. The van der Waals surface area contributed by atoms with Crippen LogP contribution in [0.25, 0.3) is 0 Å². The second-order valence-corrected chi connectivity index (χ2v) is 10.5. The lowest BCUT2D eigenvalue weighted by Crippen LogP contribution is -2.54. The van der Waals surface area contributed by atoms with Crippen molar-refractivity contribution in [1.29, 1.82) is 0 Å². The van der Waals surface area contributed by atoms with E-state index in [1.807, 2.05) is 47.0 Å². The van der Waals surface area contributed by atoms with Crippen LogP contribution in [0.3, 0.4) is 0 Å². The molecule has 8 heteroatoms. The maximum absolute atomic E-state index is 4.45. The molecule has 16 heavy (non-hydrogen) atoms. The SMILES string of the molecule is CSC1(SC2=NCCN2)SC2(NCCN2)S1. The third kappa shape index (κ3) is 2.08. The van der Waals surface area contributed by atoms with E-state index in [-0.39, 0.29) is 7.07 Å². The van der Waals surface area contributed by atoms with Gasteiger partial charge in [0.25, 0.3) is 0 Å².